The minimum atomic E-state index is 0.594. The Balaban J connectivity index is 2.10. The third-order valence-electron chi connectivity index (χ3n) is 3.94. The van der Waals surface area contributed by atoms with E-state index in [0.717, 1.165) is 38.1 Å². The van der Waals surface area contributed by atoms with Gasteiger partial charge in [0.15, 0.2) is 0 Å². The number of terminal acetylenes is 1. The lowest BCUT2D eigenvalue weighted by molar-refractivity contribution is 0.202. The number of aryl methyl sites for hydroxylation is 1. The molecule has 0 bridgehead atoms. The molecule has 1 aliphatic rings. The molecule has 0 amide bonds. The lowest BCUT2D eigenvalue weighted by atomic mass is 9.87. The zero-order chi connectivity index (χ0) is 13.7. The van der Waals surface area contributed by atoms with Crippen molar-refractivity contribution in [3.8, 4) is 18.1 Å². The van der Waals surface area contributed by atoms with E-state index >= 15 is 0 Å². The Morgan fingerprint density at radius 1 is 1.42 bits per heavy atom. The van der Waals surface area contributed by atoms with Gasteiger partial charge in [-0.05, 0) is 55.5 Å². The zero-order valence-corrected chi connectivity index (χ0v) is 12.0. The van der Waals surface area contributed by atoms with Gasteiger partial charge in [-0.2, -0.15) is 0 Å². The van der Waals surface area contributed by atoms with Gasteiger partial charge < -0.3 is 4.74 Å². The molecular formula is C17H23NO. The van der Waals surface area contributed by atoms with E-state index in [-0.39, 0.29) is 0 Å². The van der Waals surface area contributed by atoms with E-state index in [1.165, 1.54) is 17.5 Å². The smallest absolute Gasteiger partial charge is 0.119 e. The van der Waals surface area contributed by atoms with E-state index in [9.17, 15) is 0 Å². The number of ether oxygens (including phenoxy) is 1. The Morgan fingerprint density at radius 3 is 2.95 bits per heavy atom. The highest BCUT2D eigenvalue weighted by Gasteiger charge is 2.23. The van der Waals surface area contributed by atoms with Gasteiger partial charge in [0.1, 0.15) is 5.75 Å². The molecule has 2 heteroatoms. The van der Waals surface area contributed by atoms with Crippen LogP contribution in [0.4, 0.5) is 0 Å². The quantitative estimate of drug-likeness (QED) is 0.752. The third kappa shape index (κ3) is 3.30. The van der Waals surface area contributed by atoms with Crippen LogP contribution in [0.25, 0.3) is 0 Å². The number of hydrogen-bond donors (Lipinski definition) is 0. The average molecular weight is 257 g/mol. The maximum absolute atomic E-state index is 5.49. The SMILES string of the molecule is C#CCN(CCC)C1CCc2cc(OC)ccc2C1. The van der Waals surface area contributed by atoms with Crippen LogP contribution in [0.2, 0.25) is 0 Å². The molecule has 1 aromatic carbocycles. The van der Waals surface area contributed by atoms with Crippen LogP contribution in [0.3, 0.4) is 0 Å². The maximum Gasteiger partial charge on any atom is 0.119 e. The Kier molecular flexibility index (Phi) is 4.87. The summed E-state index contributed by atoms with van der Waals surface area (Å²) in [6.45, 7) is 4.08. The minimum absolute atomic E-state index is 0.594. The standard InChI is InChI=1S/C17H23NO/c1-4-10-18(11-5-2)16-8-6-15-13-17(19-3)9-7-14(15)12-16/h1,7,9,13,16H,5-6,8,10-12H2,2-3H3. The molecule has 2 nitrogen and oxygen atoms in total. The first-order chi connectivity index (χ1) is 9.28. The van der Waals surface area contributed by atoms with Crippen molar-refractivity contribution in [3.63, 3.8) is 0 Å². The van der Waals surface area contributed by atoms with Crippen molar-refractivity contribution in [2.75, 3.05) is 20.2 Å². The second-order valence-electron chi connectivity index (χ2n) is 5.21. The van der Waals surface area contributed by atoms with E-state index in [4.69, 9.17) is 11.2 Å². The summed E-state index contributed by atoms with van der Waals surface area (Å²) in [4.78, 5) is 2.45. The molecule has 0 saturated carbocycles. The number of benzene rings is 1. The molecule has 1 aromatic rings. The number of fused-ring (bicyclic) bond motifs is 1. The van der Waals surface area contributed by atoms with Crippen LogP contribution in [0.5, 0.6) is 5.75 Å². The summed E-state index contributed by atoms with van der Waals surface area (Å²) >= 11 is 0. The van der Waals surface area contributed by atoms with Crippen molar-refractivity contribution >= 4 is 0 Å². The van der Waals surface area contributed by atoms with E-state index in [1.54, 1.807) is 7.11 Å². The predicted molar refractivity (Wildman–Crippen MR) is 79.5 cm³/mol. The number of hydrogen-bond acceptors (Lipinski definition) is 2. The minimum Gasteiger partial charge on any atom is -0.497 e. The summed E-state index contributed by atoms with van der Waals surface area (Å²) in [5.74, 6) is 3.76. The largest absolute Gasteiger partial charge is 0.497 e. The second-order valence-corrected chi connectivity index (χ2v) is 5.21. The molecule has 0 spiro atoms. The molecule has 0 heterocycles. The molecule has 2 rings (SSSR count). The monoisotopic (exact) mass is 257 g/mol. The molecule has 1 atom stereocenters. The maximum atomic E-state index is 5.49. The van der Waals surface area contributed by atoms with Crippen LogP contribution in [-0.2, 0) is 12.8 Å². The molecule has 0 radical (unpaired) electrons. The van der Waals surface area contributed by atoms with Crippen molar-refractivity contribution in [3.05, 3.63) is 29.3 Å². The second kappa shape index (κ2) is 6.63. The van der Waals surface area contributed by atoms with Crippen LogP contribution in [-0.4, -0.2) is 31.1 Å². The molecule has 1 aliphatic carbocycles. The van der Waals surface area contributed by atoms with Crippen LogP contribution < -0.4 is 4.74 Å². The highest BCUT2D eigenvalue weighted by Crippen LogP contribution is 2.27. The first-order valence-electron chi connectivity index (χ1n) is 7.11. The molecule has 0 N–H and O–H groups in total. The Morgan fingerprint density at radius 2 is 2.26 bits per heavy atom. The Hall–Kier alpha value is -1.46. The summed E-state index contributed by atoms with van der Waals surface area (Å²) in [5.41, 5.74) is 2.89. The molecule has 0 aliphatic heterocycles. The van der Waals surface area contributed by atoms with E-state index in [2.05, 4.69) is 35.9 Å². The van der Waals surface area contributed by atoms with Gasteiger partial charge in [-0.1, -0.05) is 18.9 Å². The lowest BCUT2D eigenvalue weighted by Gasteiger charge is -2.34. The molecule has 19 heavy (non-hydrogen) atoms. The van der Waals surface area contributed by atoms with Crippen LogP contribution in [0.1, 0.15) is 30.9 Å². The highest BCUT2D eigenvalue weighted by atomic mass is 16.5. The van der Waals surface area contributed by atoms with Crippen molar-refractivity contribution in [1.82, 2.24) is 4.90 Å². The highest BCUT2D eigenvalue weighted by molar-refractivity contribution is 5.37. The van der Waals surface area contributed by atoms with Crippen molar-refractivity contribution < 1.29 is 4.74 Å². The summed E-state index contributed by atoms with van der Waals surface area (Å²) < 4.78 is 5.29. The van der Waals surface area contributed by atoms with Gasteiger partial charge >= 0.3 is 0 Å². The first-order valence-corrected chi connectivity index (χ1v) is 7.11. The number of methoxy groups -OCH3 is 1. The summed E-state index contributed by atoms with van der Waals surface area (Å²) in [7, 11) is 1.73. The average Bonchev–Trinajstić information content (AvgIpc) is 2.46. The van der Waals surface area contributed by atoms with Gasteiger partial charge in [0.25, 0.3) is 0 Å². The number of rotatable bonds is 5. The van der Waals surface area contributed by atoms with E-state index in [1.807, 2.05) is 0 Å². The summed E-state index contributed by atoms with van der Waals surface area (Å²) in [6, 6.07) is 7.04. The van der Waals surface area contributed by atoms with Crippen LogP contribution >= 0.6 is 0 Å². The van der Waals surface area contributed by atoms with Gasteiger partial charge in [-0.3, -0.25) is 4.90 Å². The first kappa shape index (κ1) is 14.0. The normalized spacial score (nSPS) is 17.9. The van der Waals surface area contributed by atoms with Crippen LogP contribution in [0.15, 0.2) is 18.2 Å². The van der Waals surface area contributed by atoms with Gasteiger partial charge in [0, 0.05) is 6.04 Å². The molecule has 0 aromatic heterocycles. The fraction of sp³-hybridized carbons (Fsp3) is 0.529. The van der Waals surface area contributed by atoms with Gasteiger partial charge in [-0.15, -0.1) is 6.42 Å². The van der Waals surface area contributed by atoms with E-state index < -0.39 is 0 Å². The van der Waals surface area contributed by atoms with Gasteiger partial charge in [0.2, 0.25) is 0 Å². The predicted octanol–water partition coefficient (Wildman–Crippen LogP) is 2.90. The Bertz CT molecular complexity index is 461. The van der Waals surface area contributed by atoms with Crippen molar-refractivity contribution in [1.29, 1.82) is 0 Å². The zero-order valence-electron chi connectivity index (χ0n) is 12.0. The summed E-state index contributed by atoms with van der Waals surface area (Å²) in [5, 5.41) is 0. The van der Waals surface area contributed by atoms with Crippen molar-refractivity contribution in [2.45, 2.75) is 38.6 Å². The van der Waals surface area contributed by atoms with E-state index in [0.29, 0.717) is 6.04 Å². The molecule has 1 unspecified atom stereocenters. The fourth-order valence-electron chi connectivity index (χ4n) is 2.95. The van der Waals surface area contributed by atoms with Crippen LogP contribution in [0, 0.1) is 12.3 Å². The summed E-state index contributed by atoms with van der Waals surface area (Å²) in [6.07, 6.45) is 10.1. The lowest BCUT2D eigenvalue weighted by Crippen LogP contribution is -2.40. The van der Waals surface area contributed by atoms with Gasteiger partial charge in [0.05, 0.1) is 13.7 Å². The third-order valence-corrected chi connectivity index (χ3v) is 3.94. The van der Waals surface area contributed by atoms with Gasteiger partial charge in [-0.25, -0.2) is 0 Å². The molecule has 0 saturated heterocycles. The topological polar surface area (TPSA) is 12.5 Å². The molecular weight excluding hydrogens is 234 g/mol. The molecule has 0 fully saturated rings. The Labute approximate surface area is 116 Å². The van der Waals surface area contributed by atoms with Crippen molar-refractivity contribution in [2.24, 2.45) is 0 Å². The molecule has 102 valence electrons. The fourth-order valence-corrected chi connectivity index (χ4v) is 2.95. The number of nitrogens with zero attached hydrogens (tertiary/aromatic N) is 1.